The second-order valence-electron chi connectivity index (χ2n) is 3.50. The van der Waals surface area contributed by atoms with Crippen LogP contribution in [0, 0.1) is 0 Å². The minimum absolute atomic E-state index is 0.00796. The number of rotatable bonds is 6. The first-order valence-corrected chi connectivity index (χ1v) is 8.29. The molecule has 1 atom stereocenters. The molecular formula is C7H17NO4S2. The lowest BCUT2D eigenvalue weighted by atomic mass is 10.3. The summed E-state index contributed by atoms with van der Waals surface area (Å²) < 4.78 is 43.6. The van der Waals surface area contributed by atoms with Crippen LogP contribution in [0.2, 0.25) is 0 Å². The van der Waals surface area contributed by atoms with E-state index in [0.717, 1.165) is 12.5 Å². The number of nitrogens with one attached hydrogen (secondary N) is 1. The van der Waals surface area contributed by atoms with Crippen LogP contribution in [0.5, 0.6) is 0 Å². The Morgan fingerprint density at radius 1 is 1.07 bits per heavy atom. The van der Waals surface area contributed by atoms with Crippen LogP contribution in [0.15, 0.2) is 0 Å². The van der Waals surface area contributed by atoms with Crippen LogP contribution in [0.1, 0.15) is 6.42 Å². The third-order valence-corrected chi connectivity index (χ3v) is 3.73. The summed E-state index contributed by atoms with van der Waals surface area (Å²) in [5, 5.41) is 2.79. The molecule has 0 aromatic rings. The van der Waals surface area contributed by atoms with E-state index in [9.17, 15) is 16.8 Å². The molecule has 0 rings (SSSR count). The van der Waals surface area contributed by atoms with E-state index in [1.807, 2.05) is 0 Å². The van der Waals surface area contributed by atoms with Crippen molar-refractivity contribution >= 4 is 19.7 Å². The Labute approximate surface area is 85.7 Å². The molecule has 0 saturated carbocycles. The van der Waals surface area contributed by atoms with Gasteiger partial charge in [-0.3, -0.25) is 0 Å². The van der Waals surface area contributed by atoms with Crippen molar-refractivity contribution in [3.63, 3.8) is 0 Å². The zero-order valence-electron chi connectivity index (χ0n) is 8.65. The van der Waals surface area contributed by atoms with Crippen LogP contribution in [0.3, 0.4) is 0 Å². The van der Waals surface area contributed by atoms with Gasteiger partial charge < -0.3 is 5.32 Å². The van der Waals surface area contributed by atoms with E-state index < -0.39 is 19.7 Å². The molecule has 0 aromatic carbocycles. The molecule has 0 saturated heterocycles. The van der Waals surface area contributed by atoms with Gasteiger partial charge in [-0.15, -0.1) is 0 Å². The lowest BCUT2D eigenvalue weighted by molar-refractivity contribution is 0.551. The predicted octanol–water partition coefficient (Wildman–Crippen LogP) is -0.946. The van der Waals surface area contributed by atoms with Crippen molar-refractivity contribution in [3.8, 4) is 0 Å². The first kappa shape index (κ1) is 13.9. The Morgan fingerprint density at radius 2 is 1.57 bits per heavy atom. The molecule has 0 heterocycles. The molecule has 86 valence electrons. The molecule has 14 heavy (non-hydrogen) atoms. The Balaban J connectivity index is 4.19. The molecule has 7 heteroatoms. The van der Waals surface area contributed by atoms with Crippen LogP contribution in [-0.4, -0.2) is 53.9 Å². The molecule has 0 aliphatic rings. The fraction of sp³-hybridized carbons (Fsp3) is 1.00. The lowest BCUT2D eigenvalue weighted by Crippen LogP contribution is -2.34. The molecule has 1 N–H and O–H groups in total. The molecule has 1 unspecified atom stereocenters. The van der Waals surface area contributed by atoms with Crippen molar-refractivity contribution in [3.05, 3.63) is 0 Å². The third-order valence-electron chi connectivity index (χ3n) is 1.75. The van der Waals surface area contributed by atoms with Gasteiger partial charge in [-0.25, -0.2) is 16.8 Å². The number of hydrogen-bond donors (Lipinski definition) is 1. The van der Waals surface area contributed by atoms with Crippen molar-refractivity contribution in [2.75, 3.05) is 31.1 Å². The first-order chi connectivity index (χ1) is 6.14. The summed E-state index contributed by atoms with van der Waals surface area (Å²) in [7, 11) is -4.46. The minimum Gasteiger partial charge on any atom is -0.316 e. The standard InChI is InChI=1S/C7H17NO4S2/c1-8-7(6-14(3,11)12)4-5-13(2,9)10/h7-8H,4-6H2,1-3H3. The Morgan fingerprint density at radius 3 is 1.86 bits per heavy atom. The summed E-state index contributed by atoms with van der Waals surface area (Å²) in [4.78, 5) is 0. The smallest absolute Gasteiger partial charge is 0.148 e. The zero-order chi connectivity index (χ0) is 11.4. The van der Waals surface area contributed by atoms with Crippen LogP contribution in [0.25, 0.3) is 0 Å². The van der Waals surface area contributed by atoms with Crippen molar-refractivity contribution in [2.45, 2.75) is 12.5 Å². The minimum atomic E-state index is -3.06. The molecule has 0 bridgehead atoms. The highest BCUT2D eigenvalue weighted by Gasteiger charge is 2.15. The second kappa shape index (κ2) is 5.09. The predicted molar refractivity (Wildman–Crippen MR) is 56.9 cm³/mol. The van der Waals surface area contributed by atoms with Gasteiger partial charge in [0, 0.05) is 18.6 Å². The van der Waals surface area contributed by atoms with Gasteiger partial charge in [0.25, 0.3) is 0 Å². The molecule has 0 radical (unpaired) electrons. The summed E-state index contributed by atoms with van der Waals surface area (Å²) in [6, 6.07) is -0.292. The first-order valence-electron chi connectivity index (χ1n) is 4.17. The van der Waals surface area contributed by atoms with E-state index in [2.05, 4.69) is 5.32 Å². The van der Waals surface area contributed by atoms with E-state index in [4.69, 9.17) is 0 Å². The number of sulfone groups is 2. The third kappa shape index (κ3) is 8.46. The van der Waals surface area contributed by atoms with Crippen LogP contribution < -0.4 is 5.32 Å². The fourth-order valence-corrected chi connectivity index (χ4v) is 2.81. The van der Waals surface area contributed by atoms with E-state index >= 15 is 0 Å². The topological polar surface area (TPSA) is 80.3 Å². The molecule has 0 amide bonds. The van der Waals surface area contributed by atoms with Crippen molar-refractivity contribution < 1.29 is 16.8 Å². The van der Waals surface area contributed by atoms with E-state index in [1.54, 1.807) is 7.05 Å². The van der Waals surface area contributed by atoms with Gasteiger partial charge in [0.05, 0.1) is 11.5 Å². The highest BCUT2D eigenvalue weighted by Crippen LogP contribution is 1.99. The van der Waals surface area contributed by atoms with Crippen molar-refractivity contribution in [1.82, 2.24) is 5.32 Å². The highest BCUT2D eigenvalue weighted by atomic mass is 32.2. The Bertz CT molecular complexity index is 357. The maximum Gasteiger partial charge on any atom is 0.148 e. The monoisotopic (exact) mass is 243 g/mol. The molecular weight excluding hydrogens is 226 g/mol. The Hall–Kier alpha value is -0.140. The van der Waals surface area contributed by atoms with Gasteiger partial charge in [-0.05, 0) is 13.5 Å². The van der Waals surface area contributed by atoms with Gasteiger partial charge in [-0.2, -0.15) is 0 Å². The van der Waals surface area contributed by atoms with Gasteiger partial charge >= 0.3 is 0 Å². The van der Waals surface area contributed by atoms with Crippen LogP contribution in [-0.2, 0) is 19.7 Å². The van der Waals surface area contributed by atoms with Gasteiger partial charge in [0.2, 0.25) is 0 Å². The van der Waals surface area contributed by atoms with Gasteiger partial charge in [0.15, 0.2) is 0 Å². The largest absolute Gasteiger partial charge is 0.316 e. The van der Waals surface area contributed by atoms with E-state index in [-0.39, 0.29) is 17.5 Å². The molecule has 0 aliphatic heterocycles. The molecule has 0 fully saturated rings. The molecule has 5 nitrogen and oxygen atoms in total. The van der Waals surface area contributed by atoms with E-state index in [0.29, 0.717) is 6.42 Å². The maximum absolute atomic E-state index is 10.9. The average molecular weight is 243 g/mol. The van der Waals surface area contributed by atoms with E-state index in [1.165, 1.54) is 0 Å². The summed E-state index contributed by atoms with van der Waals surface area (Å²) in [6.07, 6.45) is 2.60. The Kier molecular flexibility index (Phi) is 5.03. The lowest BCUT2D eigenvalue weighted by Gasteiger charge is -2.13. The highest BCUT2D eigenvalue weighted by molar-refractivity contribution is 7.91. The quantitative estimate of drug-likeness (QED) is 0.651. The fourth-order valence-electron chi connectivity index (χ4n) is 1.03. The summed E-state index contributed by atoms with van der Waals surface area (Å²) in [6.45, 7) is 0. The molecule has 0 aromatic heterocycles. The van der Waals surface area contributed by atoms with Crippen molar-refractivity contribution in [2.24, 2.45) is 0 Å². The summed E-state index contributed by atoms with van der Waals surface area (Å²) in [5.41, 5.74) is 0. The van der Waals surface area contributed by atoms with Gasteiger partial charge in [-0.1, -0.05) is 0 Å². The second-order valence-corrected chi connectivity index (χ2v) is 7.94. The maximum atomic E-state index is 10.9. The van der Waals surface area contributed by atoms with Gasteiger partial charge in [0.1, 0.15) is 19.7 Å². The zero-order valence-corrected chi connectivity index (χ0v) is 10.3. The van der Waals surface area contributed by atoms with Crippen LogP contribution >= 0.6 is 0 Å². The molecule has 0 spiro atoms. The SMILES string of the molecule is CNC(CCS(C)(=O)=O)CS(C)(=O)=O. The molecule has 0 aliphatic carbocycles. The van der Waals surface area contributed by atoms with Crippen LogP contribution in [0.4, 0.5) is 0 Å². The number of hydrogen-bond acceptors (Lipinski definition) is 5. The van der Waals surface area contributed by atoms with Crippen molar-refractivity contribution in [1.29, 1.82) is 0 Å². The average Bonchev–Trinajstić information content (AvgIpc) is 1.94. The summed E-state index contributed by atoms with van der Waals surface area (Å²) >= 11 is 0. The normalized spacial score (nSPS) is 15.4. The summed E-state index contributed by atoms with van der Waals surface area (Å²) in [5.74, 6) is -0.0208.